The molecule has 0 aliphatic rings. The Balaban J connectivity index is 0. The standard InChI is InChI=1S/C8H18.Ti/c1-3-5-7-8-6-4-2;/h3-8H2,1-2H3;. The molecule has 0 bridgehead atoms. The Bertz CT molecular complexity index is 29.5. The normalized spacial score (nSPS) is 8.67. The third-order valence-electron chi connectivity index (χ3n) is 1.46. The van der Waals surface area contributed by atoms with E-state index >= 15 is 0 Å². The second-order valence-corrected chi connectivity index (χ2v) is 2.41. The van der Waals surface area contributed by atoms with E-state index in [2.05, 4.69) is 13.8 Å². The van der Waals surface area contributed by atoms with Crippen LogP contribution in [0.3, 0.4) is 0 Å². The van der Waals surface area contributed by atoms with Gasteiger partial charge in [0.25, 0.3) is 0 Å². The summed E-state index contributed by atoms with van der Waals surface area (Å²) in [5.74, 6) is 0. The maximum atomic E-state index is 2.26. The van der Waals surface area contributed by atoms with E-state index in [9.17, 15) is 0 Å². The van der Waals surface area contributed by atoms with Gasteiger partial charge in [-0.05, 0) is 0 Å². The van der Waals surface area contributed by atoms with Crippen LogP contribution in [0.1, 0.15) is 52.4 Å². The molecule has 0 nitrogen and oxygen atoms in total. The van der Waals surface area contributed by atoms with E-state index in [0.29, 0.717) is 0 Å². The maximum absolute atomic E-state index is 2.26. The molecule has 0 aromatic rings. The molecule has 0 aromatic carbocycles. The minimum absolute atomic E-state index is 0. The molecule has 0 rings (SSSR count). The van der Waals surface area contributed by atoms with Crippen LogP contribution in [0.5, 0.6) is 0 Å². The zero-order valence-electron chi connectivity index (χ0n) is 6.74. The first-order valence-corrected chi connectivity index (χ1v) is 3.91. The molecule has 0 saturated carbocycles. The summed E-state index contributed by atoms with van der Waals surface area (Å²) in [6.07, 6.45) is 8.49. The molecule has 0 aliphatic heterocycles. The van der Waals surface area contributed by atoms with Crippen molar-refractivity contribution in [2.75, 3.05) is 0 Å². The minimum atomic E-state index is 0. The number of hydrogen-bond acceptors (Lipinski definition) is 0. The molecule has 0 spiro atoms. The van der Waals surface area contributed by atoms with Crippen LogP contribution >= 0.6 is 0 Å². The largest absolute Gasteiger partial charge is 0.0654 e. The summed E-state index contributed by atoms with van der Waals surface area (Å²) >= 11 is 0. The molecule has 0 unspecified atom stereocenters. The molecular formula is C8H18Ti. The summed E-state index contributed by atoms with van der Waals surface area (Å²) in [6.45, 7) is 4.51. The van der Waals surface area contributed by atoms with Crippen molar-refractivity contribution in [3.63, 3.8) is 0 Å². The fourth-order valence-corrected chi connectivity index (χ4v) is 0.854. The second kappa shape index (κ2) is 11.5. The molecule has 0 aromatic heterocycles. The van der Waals surface area contributed by atoms with Crippen LogP contribution in [0.2, 0.25) is 0 Å². The number of rotatable bonds is 5. The Kier molecular flexibility index (Phi) is 15.8. The Morgan fingerprint density at radius 3 is 1.22 bits per heavy atom. The minimum Gasteiger partial charge on any atom is -0.0654 e. The maximum Gasteiger partial charge on any atom is 0 e. The van der Waals surface area contributed by atoms with E-state index in [1.165, 1.54) is 38.5 Å². The summed E-state index contributed by atoms with van der Waals surface area (Å²) in [6, 6.07) is 0. The number of hydrogen-bond donors (Lipinski definition) is 0. The van der Waals surface area contributed by atoms with Crippen molar-refractivity contribution in [1.29, 1.82) is 0 Å². The molecule has 9 heavy (non-hydrogen) atoms. The van der Waals surface area contributed by atoms with Crippen LogP contribution < -0.4 is 0 Å². The average Bonchev–Trinajstić information content (AvgIpc) is 1.81. The van der Waals surface area contributed by atoms with E-state index in [1.807, 2.05) is 0 Å². The number of unbranched alkanes of at least 4 members (excludes halogenated alkanes) is 5. The summed E-state index contributed by atoms with van der Waals surface area (Å²) in [7, 11) is 0. The molecule has 0 atom stereocenters. The van der Waals surface area contributed by atoms with Crippen molar-refractivity contribution in [2.24, 2.45) is 0 Å². The summed E-state index contributed by atoms with van der Waals surface area (Å²) in [5.41, 5.74) is 0. The summed E-state index contributed by atoms with van der Waals surface area (Å²) < 4.78 is 0. The van der Waals surface area contributed by atoms with Gasteiger partial charge in [-0.3, -0.25) is 0 Å². The first-order valence-electron chi connectivity index (χ1n) is 3.91. The van der Waals surface area contributed by atoms with Crippen LogP contribution in [0, 0.1) is 0 Å². The zero-order chi connectivity index (χ0) is 6.24. The summed E-state index contributed by atoms with van der Waals surface area (Å²) in [5, 5.41) is 0. The fourth-order valence-electron chi connectivity index (χ4n) is 0.854. The molecule has 0 fully saturated rings. The first-order chi connectivity index (χ1) is 3.91. The van der Waals surface area contributed by atoms with Crippen LogP contribution in [0.25, 0.3) is 0 Å². The zero-order valence-corrected chi connectivity index (χ0v) is 8.30. The SMILES string of the molecule is CCCCCCCC.[Ti]. The Hall–Kier alpha value is 0.714. The molecule has 0 radical (unpaired) electrons. The van der Waals surface area contributed by atoms with Gasteiger partial charge < -0.3 is 0 Å². The van der Waals surface area contributed by atoms with Gasteiger partial charge in [0.2, 0.25) is 0 Å². The predicted molar refractivity (Wildman–Crippen MR) is 39.0 cm³/mol. The Morgan fingerprint density at radius 1 is 0.667 bits per heavy atom. The van der Waals surface area contributed by atoms with E-state index in [-0.39, 0.29) is 21.7 Å². The van der Waals surface area contributed by atoms with Gasteiger partial charge in [0, 0.05) is 21.7 Å². The molecule has 0 N–H and O–H groups in total. The third-order valence-corrected chi connectivity index (χ3v) is 1.46. The van der Waals surface area contributed by atoms with Crippen LogP contribution in [-0.2, 0) is 21.7 Å². The molecular weight excluding hydrogens is 144 g/mol. The third kappa shape index (κ3) is 12.0. The molecule has 0 heterocycles. The molecule has 54 valence electrons. The van der Waals surface area contributed by atoms with Gasteiger partial charge in [-0.1, -0.05) is 52.4 Å². The van der Waals surface area contributed by atoms with Gasteiger partial charge in [-0.15, -0.1) is 0 Å². The predicted octanol–water partition coefficient (Wildman–Crippen LogP) is 3.36. The van der Waals surface area contributed by atoms with Crippen molar-refractivity contribution in [3.05, 3.63) is 0 Å². The van der Waals surface area contributed by atoms with Crippen molar-refractivity contribution in [2.45, 2.75) is 52.4 Å². The van der Waals surface area contributed by atoms with Gasteiger partial charge in [-0.25, -0.2) is 0 Å². The van der Waals surface area contributed by atoms with E-state index < -0.39 is 0 Å². The molecule has 0 saturated heterocycles. The monoisotopic (exact) mass is 162 g/mol. The van der Waals surface area contributed by atoms with E-state index in [0.717, 1.165) is 0 Å². The summed E-state index contributed by atoms with van der Waals surface area (Å²) in [4.78, 5) is 0. The van der Waals surface area contributed by atoms with E-state index in [4.69, 9.17) is 0 Å². The van der Waals surface area contributed by atoms with Crippen LogP contribution in [0.15, 0.2) is 0 Å². The Morgan fingerprint density at radius 2 is 1.00 bits per heavy atom. The van der Waals surface area contributed by atoms with Crippen LogP contribution in [0.4, 0.5) is 0 Å². The fraction of sp³-hybridized carbons (Fsp3) is 1.00. The molecule has 0 aliphatic carbocycles. The molecule has 1 heteroatoms. The smallest absolute Gasteiger partial charge is 0 e. The Labute approximate surface area is 74.3 Å². The van der Waals surface area contributed by atoms with Crippen molar-refractivity contribution in [3.8, 4) is 0 Å². The van der Waals surface area contributed by atoms with Crippen molar-refractivity contribution >= 4 is 0 Å². The van der Waals surface area contributed by atoms with Gasteiger partial charge in [-0.2, -0.15) is 0 Å². The van der Waals surface area contributed by atoms with Gasteiger partial charge in [0.15, 0.2) is 0 Å². The van der Waals surface area contributed by atoms with E-state index in [1.54, 1.807) is 0 Å². The van der Waals surface area contributed by atoms with Gasteiger partial charge in [0.1, 0.15) is 0 Å². The average molecular weight is 162 g/mol. The van der Waals surface area contributed by atoms with Gasteiger partial charge >= 0.3 is 0 Å². The van der Waals surface area contributed by atoms with Crippen molar-refractivity contribution in [1.82, 2.24) is 0 Å². The molecule has 0 amide bonds. The van der Waals surface area contributed by atoms with Crippen LogP contribution in [-0.4, -0.2) is 0 Å². The second-order valence-electron chi connectivity index (χ2n) is 2.41. The quantitative estimate of drug-likeness (QED) is 0.429. The van der Waals surface area contributed by atoms with Crippen molar-refractivity contribution < 1.29 is 21.7 Å². The van der Waals surface area contributed by atoms with Gasteiger partial charge in [0.05, 0.1) is 0 Å². The first kappa shape index (κ1) is 12.4. The topological polar surface area (TPSA) is 0 Å².